The third-order valence-corrected chi connectivity index (χ3v) is 5.39. The molecule has 0 aliphatic carbocycles. The van der Waals surface area contributed by atoms with Crippen LogP contribution in [0.1, 0.15) is 27.3 Å². The van der Waals surface area contributed by atoms with Gasteiger partial charge in [-0.3, -0.25) is 4.79 Å². The lowest BCUT2D eigenvalue weighted by atomic mass is 10.1. The number of rotatable bonds is 4. The monoisotopic (exact) mass is 383 g/mol. The average Bonchev–Trinajstić information content (AvgIpc) is 3.10. The van der Waals surface area contributed by atoms with Crippen molar-refractivity contribution < 1.29 is 9.53 Å². The first-order valence-electron chi connectivity index (χ1n) is 8.90. The van der Waals surface area contributed by atoms with Crippen molar-refractivity contribution in [1.29, 1.82) is 0 Å². The van der Waals surface area contributed by atoms with Crippen LogP contribution < -0.4 is 0 Å². The van der Waals surface area contributed by atoms with E-state index in [-0.39, 0.29) is 5.91 Å². The predicted molar refractivity (Wildman–Crippen MR) is 103 cm³/mol. The Balaban J connectivity index is 1.53. The highest BCUT2D eigenvalue weighted by molar-refractivity contribution is 7.98. The van der Waals surface area contributed by atoms with Gasteiger partial charge in [0, 0.05) is 35.8 Å². The summed E-state index contributed by atoms with van der Waals surface area (Å²) in [4.78, 5) is 23.7. The smallest absolute Gasteiger partial charge is 0.254 e. The minimum Gasteiger partial charge on any atom is -0.378 e. The molecular weight excluding hydrogens is 362 g/mol. The van der Waals surface area contributed by atoms with E-state index in [0.717, 1.165) is 22.5 Å². The average molecular weight is 383 g/mol. The second-order valence-electron chi connectivity index (χ2n) is 6.50. The zero-order valence-corrected chi connectivity index (χ0v) is 16.2. The molecule has 0 unspecified atom stereocenters. The first-order chi connectivity index (χ1) is 13.1. The molecule has 4 rings (SSSR count). The van der Waals surface area contributed by atoms with Crippen molar-refractivity contribution >= 4 is 23.4 Å². The van der Waals surface area contributed by atoms with Gasteiger partial charge in [0.2, 0.25) is 5.16 Å². The topological polar surface area (TPSA) is 72.6 Å². The van der Waals surface area contributed by atoms with Crippen molar-refractivity contribution in [2.45, 2.75) is 24.8 Å². The highest BCUT2D eigenvalue weighted by Gasteiger charge is 2.21. The minimum atomic E-state index is 0.0607. The number of nitrogens with zero attached hydrogens (tertiary/aromatic N) is 5. The number of ether oxygens (including phenoxy) is 1. The van der Waals surface area contributed by atoms with E-state index in [4.69, 9.17) is 4.74 Å². The molecule has 140 valence electrons. The van der Waals surface area contributed by atoms with Crippen molar-refractivity contribution in [1.82, 2.24) is 24.5 Å². The maximum Gasteiger partial charge on any atom is 0.254 e. The number of aryl methyl sites for hydroxylation is 2. The SMILES string of the molecule is Cc1cc(C)n2nc(SCc3ccccc3C(=O)N3CCOCC3)nc2n1. The van der Waals surface area contributed by atoms with E-state index in [1.165, 1.54) is 11.8 Å². The number of benzene rings is 1. The summed E-state index contributed by atoms with van der Waals surface area (Å²) in [7, 11) is 0. The number of fused-ring (bicyclic) bond motifs is 1. The molecule has 0 N–H and O–H groups in total. The van der Waals surface area contributed by atoms with Crippen LogP contribution >= 0.6 is 11.8 Å². The normalized spacial score (nSPS) is 14.7. The first kappa shape index (κ1) is 17.9. The highest BCUT2D eigenvalue weighted by Crippen LogP contribution is 2.23. The summed E-state index contributed by atoms with van der Waals surface area (Å²) >= 11 is 1.51. The number of carbonyl (C=O) groups is 1. The molecule has 3 heterocycles. The van der Waals surface area contributed by atoms with E-state index >= 15 is 0 Å². The lowest BCUT2D eigenvalue weighted by Crippen LogP contribution is -2.41. The van der Waals surface area contributed by atoms with E-state index in [1.807, 2.05) is 49.1 Å². The number of carbonyl (C=O) groups excluding carboxylic acids is 1. The Morgan fingerprint density at radius 1 is 1.19 bits per heavy atom. The van der Waals surface area contributed by atoms with Crippen LogP contribution in [0.3, 0.4) is 0 Å². The summed E-state index contributed by atoms with van der Waals surface area (Å²) < 4.78 is 7.10. The molecule has 3 aromatic rings. The Morgan fingerprint density at radius 3 is 2.78 bits per heavy atom. The summed E-state index contributed by atoms with van der Waals surface area (Å²) in [6, 6.07) is 9.72. The molecule has 0 spiro atoms. The zero-order chi connectivity index (χ0) is 18.8. The molecule has 0 bridgehead atoms. The molecule has 1 fully saturated rings. The van der Waals surface area contributed by atoms with E-state index in [1.54, 1.807) is 4.52 Å². The largest absolute Gasteiger partial charge is 0.378 e. The molecule has 0 atom stereocenters. The van der Waals surface area contributed by atoms with Gasteiger partial charge in [0.1, 0.15) is 0 Å². The van der Waals surface area contributed by atoms with Gasteiger partial charge in [-0.1, -0.05) is 30.0 Å². The van der Waals surface area contributed by atoms with Crippen LogP contribution in [0, 0.1) is 13.8 Å². The molecule has 8 heteroatoms. The Hall–Kier alpha value is -2.45. The quantitative estimate of drug-likeness (QED) is 0.645. The second kappa shape index (κ2) is 7.66. The molecule has 1 saturated heterocycles. The standard InChI is InChI=1S/C19H21N5O2S/c1-13-11-14(2)24-18(20-13)21-19(22-24)27-12-15-5-3-4-6-16(15)17(25)23-7-9-26-10-8-23/h3-6,11H,7-10,12H2,1-2H3. The third kappa shape index (κ3) is 3.81. The number of thioether (sulfide) groups is 1. The molecule has 1 aliphatic rings. The van der Waals surface area contributed by atoms with E-state index < -0.39 is 0 Å². The Bertz CT molecular complexity index is 981. The Labute approximate surface area is 161 Å². The molecule has 2 aromatic heterocycles. The molecular formula is C19H21N5O2S. The van der Waals surface area contributed by atoms with Crippen molar-refractivity contribution in [3.63, 3.8) is 0 Å². The molecule has 27 heavy (non-hydrogen) atoms. The van der Waals surface area contributed by atoms with Crippen LogP contribution in [0.15, 0.2) is 35.5 Å². The molecule has 7 nitrogen and oxygen atoms in total. The third-order valence-electron chi connectivity index (χ3n) is 4.50. The van der Waals surface area contributed by atoms with E-state index in [2.05, 4.69) is 15.1 Å². The van der Waals surface area contributed by atoms with Crippen molar-refractivity contribution in [3.8, 4) is 0 Å². The molecule has 1 aliphatic heterocycles. The van der Waals surface area contributed by atoms with Gasteiger partial charge in [0.05, 0.1) is 13.2 Å². The summed E-state index contributed by atoms with van der Waals surface area (Å²) in [6.45, 7) is 6.40. The summed E-state index contributed by atoms with van der Waals surface area (Å²) in [5.41, 5.74) is 3.64. The van der Waals surface area contributed by atoms with Crippen LogP contribution in [0.25, 0.3) is 5.78 Å². The van der Waals surface area contributed by atoms with Gasteiger partial charge in [-0.05, 0) is 31.5 Å². The summed E-state index contributed by atoms with van der Waals surface area (Å²) in [5, 5.41) is 5.18. The van der Waals surface area contributed by atoms with Gasteiger partial charge < -0.3 is 9.64 Å². The summed E-state index contributed by atoms with van der Waals surface area (Å²) in [6.07, 6.45) is 0. The molecule has 1 amide bonds. The summed E-state index contributed by atoms with van der Waals surface area (Å²) in [5.74, 6) is 1.29. The lowest BCUT2D eigenvalue weighted by Gasteiger charge is -2.27. The number of aromatic nitrogens is 4. The van der Waals surface area contributed by atoms with Crippen molar-refractivity contribution in [3.05, 3.63) is 52.8 Å². The van der Waals surface area contributed by atoms with Gasteiger partial charge >= 0.3 is 0 Å². The molecule has 0 saturated carbocycles. The maximum absolute atomic E-state index is 12.9. The number of morpholine rings is 1. The first-order valence-corrected chi connectivity index (χ1v) is 9.89. The lowest BCUT2D eigenvalue weighted by molar-refractivity contribution is 0.0302. The van der Waals surface area contributed by atoms with Gasteiger partial charge in [-0.2, -0.15) is 4.98 Å². The van der Waals surface area contributed by atoms with Gasteiger partial charge in [-0.15, -0.1) is 5.10 Å². The fourth-order valence-corrected chi connectivity index (χ4v) is 3.96. The van der Waals surface area contributed by atoms with Crippen LogP contribution in [0.4, 0.5) is 0 Å². The van der Waals surface area contributed by atoms with Crippen LogP contribution in [-0.2, 0) is 10.5 Å². The van der Waals surface area contributed by atoms with Crippen molar-refractivity contribution in [2.75, 3.05) is 26.3 Å². The van der Waals surface area contributed by atoms with Crippen molar-refractivity contribution in [2.24, 2.45) is 0 Å². The molecule has 0 radical (unpaired) electrons. The highest BCUT2D eigenvalue weighted by atomic mass is 32.2. The Morgan fingerprint density at radius 2 is 1.96 bits per heavy atom. The predicted octanol–water partition coefficient (Wildman–Crippen LogP) is 2.51. The molecule has 1 aromatic carbocycles. The zero-order valence-electron chi connectivity index (χ0n) is 15.4. The minimum absolute atomic E-state index is 0.0607. The fraction of sp³-hybridized carbons (Fsp3) is 0.368. The van der Waals surface area contributed by atoms with Gasteiger partial charge in [0.25, 0.3) is 11.7 Å². The Kier molecular flexibility index (Phi) is 5.09. The maximum atomic E-state index is 12.9. The number of hydrogen-bond acceptors (Lipinski definition) is 6. The van der Waals surface area contributed by atoms with Gasteiger partial charge in [0.15, 0.2) is 0 Å². The van der Waals surface area contributed by atoms with E-state index in [9.17, 15) is 4.79 Å². The fourth-order valence-electron chi connectivity index (χ4n) is 3.14. The second-order valence-corrected chi connectivity index (χ2v) is 7.44. The number of hydrogen-bond donors (Lipinski definition) is 0. The van der Waals surface area contributed by atoms with Crippen LogP contribution in [0.5, 0.6) is 0 Å². The van der Waals surface area contributed by atoms with E-state index in [0.29, 0.717) is 43.0 Å². The van der Waals surface area contributed by atoms with Gasteiger partial charge in [-0.25, -0.2) is 9.50 Å². The van der Waals surface area contributed by atoms with Crippen LogP contribution in [0.2, 0.25) is 0 Å². The number of amides is 1. The van der Waals surface area contributed by atoms with Crippen LogP contribution in [-0.4, -0.2) is 56.7 Å².